The maximum Gasteiger partial charge on any atom is 0.0991 e. The number of likely N-dealkylation sites (N-methyl/N-ethyl adjacent to an activating group) is 1. The Morgan fingerprint density at radius 1 is 1.47 bits per heavy atom. The maximum absolute atomic E-state index is 8.87. The summed E-state index contributed by atoms with van der Waals surface area (Å²) in [5.74, 6) is 0. The summed E-state index contributed by atoms with van der Waals surface area (Å²) in [6.45, 7) is 3.24. The molecule has 1 aromatic carbocycles. The van der Waals surface area contributed by atoms with E-state index in [9.17, 15) is 0 Å². The van der Waals surface area contributed by atoms with E-state index in [1.165, 1.54) is 12.0 Å². The largest absolute Gasteiger partial charge is 0.305 e. The van der Waals surface area contributed by atoms with Gasteiger partial charge in [0.05, 0.1) is 11.6 Å². The Balaban J connectivity index is 1.96. The Labute approximate surface area is 103 Å². The highest BCUT2D eigenvalue weighted by molar-refractivity contribution is 5.32. The summed E-state index contributed by atoms with van der Waals surface area (Å²) in [7, 11) is 4.29. The van der Waals surface area contributed by atoms with E-state index >= 15 is 0 Å². The first-order chi connectivity index (χ1) is 8.19. The van der Waals surface area contributed by atoms with Gasteiger partial charge in [-0.3, -0.25) is 4.90 Å². The minimum Gasteiger partial charge on any atom is -0.305 e. The van der Waals surface area contributed by atoms with Gasteiger partial charge >= 0.3 is 0 Å². The lowest BCUT2D eigenvalue weighted by molar-refractivity contribution is 0.264. The monoisotopic (exact) mass is 229 g/mol. The molecule has 3 heteroatoms. The average molecular weight is 229 g/mol. The number of hydrogen-bond acceptors (Lipinski definition) is 3. The molecule has 1 aliphatic rings. The second kappa shape index (κ2) is 5.31. The van der Waals surface area contributed by atoms with Gasteiger partial charge in [-0.15, -0.1) is 0 Å². The van der Waals surface area contributed by atoms with Gasteiger partial charge in [0, 0.05) is 25.7 Å². The summed E-state index contributed by atoms with van der Waals surface area (Å²) in [5.41, 5.74) is 1.99. The van der Waals surface area contributed by atoms with Crippen LogP contribution in [0.3, 0.4) is 0 Å². The van der Waals surface area contributed by atoms with Crippen LogP contribution in [-0.2, 0) is 6.54 Å². The Hall–Kier alpha value is -1.37. The summed E-state index contributed by atoms with van der Waals surface area (Å²) in [5, 5.41) is 8.87. The van der Waals surface area contributed by atoms with Gasteiger partial charge in [-0.25, -0.2) is 0 Å². The molecular formula is C14H19N3. The van der Waals surface area contributed by atoms with Crippen LogP contribution in [0.4, 0.5) is 0 Å². The molecule has 0 radical (unpaired) electrons. The molecule has 0 spiro atoms. The molecule has 1 saturated heterocycles. The lowest BCUT2D eigenvalue weighted by Crippen LogP contribution is -2.31. The third-order valence-electron chi connectivity index (χ3n) is 3.44. The van der Waals surface area contributed by atoms with E-state index in [4.69, 9.17) is 5.26 Å². The number of rotatable bonds is 3. The molecular weight excluding hydrogens is 210 g/mol. The zero-order chi connectivity index (χ0) is 12.3. The fourth-order valence-corrected chi connectivity index (χ4v) is 2.37. The third kappa shape index (κ3) is 3.06. The lowest BCUT2D eigenvalue weighted by Gasteiger charge is -2.20. The van der Waals surface area contributed by atoms with Gasteiger partial charge < -0.3 is 4.90 Å². The normalized spacial score (nSPS) is 20.7. The van der Waals surface area contributed by atoms with E-state index in [0.717, 1.165) is 25.2 Å². The van der Waals surface area contributed by atoms with Crippen molar-refractivity contribution in [3.8, 4) is 6.07 Å². The number of nitrogens with zero attached hydrogens (tertiary/aromatic N) is 3. The minimum atomic E-state index is 0.675. The van der Waals surface area contributed by atoms with Crippen LogP contribution in [0.25, 0.3) is 0 Å². The van der Waals surface area contributed by atoms with Crippen molar-refractivity contribution in [3.05, 3.63) is 35.4 Å². The van der Waals surface area contributed by atoms with Crippen LogP contribution in [0.5, 0.6) is 0 Å². The molecule has 0 aliphatic carbocycles. The second-order valence-electron chi connectivity index (χ2n) is 4.95. The molecule has 0 bridgehead atoms. The van der Waals surface area contributed by atoms with Crippen molar-refractivity contribution in [1.82, 2.24) is 9.80 Å². The van der Waals surface area contributed by atoms with Gasteiger partial charge in [0.25, 0.3) is 0 Å². The van der Waals surface area contributed by atoms with Crippen molar-refractivity contribution in [2.24, 2.45) is 0 Å². The third-order valence-corrected chi connectivity index (χ3v) is 3.44. The highest BCUT2D eigenvalue weighted by atomic mass is 15.2. The number of likely N-dealkylation sites (tertiary alicyclic amines) is 1. The number of nitriles is 1. The van der Waals surface area contributed by atoms with Crippen molar-refractivity contribution in [3.63, 3.8) is 0 Å². The predicted octanol–water partition coefficient (Wildman–Crippen LogP) is 1.69. The summed E-state index contributed by atoms with van der Waals surface area (Å²) < 4.78 is 0. The van der Waals surface area contributed by atoms with Crippen LogP contribution in [0.2, 0.25) is 0 Å². The summed E-state index contributed by atoms with van der Waals surface area (Å²) >= 11 is 0. The van der Waals surface area contributed by atoms with E-state index in [1.807, 2.05) is 18.2 Å². The smallest absolute Gasteiger partial charge is 0.0991 e. The predicted molar refractivity (Wildman–Crippen MR) is 68.5 cm³/mol. The van der Waals surface area contributed by atoms with Gasteiger partial charge in [-0.2, -0.15) is 5.26 Å². The number of hydrogen-bond donors (Lipinski definition) is 0. The van der Waals surface area contributed by atoms with Crippen LogP contribution in [-0.4, -0.2) is 43.0 Å². The van der Waals surface area contributed by atoms with Gasteiger partial charge in [0.1, 0.15) is 0 Å². The van der Waals surface area contributed by atoms with Crippen molar-refractivity contribution < 1.29 is 0 Å². The zero-order valence-electron chi connectivity index (χ0n) is 10.6. The van der Waals surface area contributed by atoms with Crippen LogP contribution in [0.15, 0.2) is 24.3 Å². The minimum absolute atomic E-state index is 0.675. The summed E-state index contributed by atoms with van der Waals surface area (Å²) in [4.78, 5) is 4.76. The SMILES string of the molecule is CN(C)C1CCN(Cc2cccc(C#N)c2)C1. The Morgan fingerprint density at radius 3 is 2.94 bits per heavy atom. The molecule has 1 unspecified atom stereocenters. The average Bonchev–Trinajstić information content (AvgIpc) is 2.78. The topological polar surface area (TPSA) is 30.3 Å². The van der Waals surface area contributed by atoms with Crippen molar-refractivity contribution in [2.45, 2.75) is 19.0 Å². The molecule has 1 fully saturated rings. The molecule has 2 rings (SSSR count). The van der Waals surface area contributed by atoms with E-state index < -0.39 is 0 Å². The Bertz CT molecular complexity index is 420. The first-order valence-electron chi connectivity index (χ1n) is 6.07. The lowest BCUT2D eigenvalue weighted by atomic mass is 10.1. The van der Waals surface area contributed by atoms with Gasteiger partial charge in [-0.05, 0) is 38.2 Å². The maximum atomic E-state index is 8.87. The van der Waals surface area contributed by atoms with E-state index in [0.29, 0.717) is 6.04 Å². The van der Waals surface area contributed by atoms with Crippen molar-refractivity contribution in [2.75, 3.05) is 27.2 Å². The second-order valence-corrected chi connectivity index (χ2v) is 4.95. The molecule has 1 atom stereocenters. The van der Waals surface area contributed by atoms with Gasteiger partial charge in [0.15, 0.2) is 0 Å². The molecule has 0 saturated carbocycles. The summed E-state index contributed by atoms with van der Waals surface area (Å²) in [6.07, 6.45) is 1.24. The fraction of sp³-hybridized carbons (Fsp3) is 0.500. The van der Waals surface area contributed by atoms with Gasteiger partial charge in [0.2, 0.25) is 0 Å². The molecule has 1 aliphatic heterocycles. The van der Waals surface area contributed by atoms with Gasteiger partial charge in [-0.1, -0.05) is 12.1 Å². The van der Waals surface area contributed by atoms with Crippen molar-refractivity contribution in [1.29, 1.82) is 5.26 Å². The fourth-order valence-electron chi connectivity index (χ4n) is 2.37. The van der Waals surface area contributed by atoms with E-state index in [2.05, 4.69) is 36.0 Å². The number of benzene rings is 1. The summed E-state index contributed by atoms with van der Waals surface area (Å²) in [6, 6.07) is 10.8. The zero-order valence-corrected chi connectivity index (χ0v) is 10.6. The molecule has 0 aromatic heterocycles. The molecule has 3 nitrogen and oxygen atoms in total. The molecule has 90 valence electrons. The highest BCUT2D eigenvalue weighted by Gasteiger charge is 2.23. The highest BCUT2D eigenvalue weighted by Crippen LogP contribution is 2.16. The Morgan fingerprint density at radius 2 is 2.29 bits per heavy atom. The molecule has 0 amide bonds. The van der Waals surface area contributed by atoms with E-state index in [1.54, 1.807) is 0 Å². The quantitative estimate of drug-likeness (QED) is 0.790. The van der Waals surface area contributed by atoms with Crippen LogP contribution < -0.4 is 0 Å². The van der Waals surface area contributed by atoms with Crippen LogP contribution >= 0.6 is 0 Å². The van der Waals surface area contributed by atoms with Crippen LogP contribution in [0.1, 0.15) is 17.5 Å². The van der Waals surface area contributed by atoms with Crippen molar-refractivity contribution >= 4 is 0 Å². The molecule has 1 heterocycles. The Kier molecular flexibility index (Phi) is 3.78. The first kappa shape index (κ1) is 12.1. The van der Waals surface area contributed by atoms with Crippen LogP contribution in [0, 0.1) is 11.3 Å². The molecule has 17 heavy (non-hydrogen) atoms. The molecule has 0 N–H and O–H groups in total. The van der Waals surface area contributed by atoms with E-state index in [-0.39, 0.29) is 0 Å². The first-order valence-corrected chi connectivity index (χ1v) is 6.07. The standard InChI is InChI=1S/C14H19N3/c1-16(2)14-6-7-17(11-14)10-13-5-3-4-12(8-13)9-15/h3-5,8,14H,6-7,10-11H2,1-2H3. The molecule has 1 aromatic rings.